The lowest BCUT2D eigenvalue weighted by molar-refractivity contribution is 0.699. The number of nitrogens with one attached hydrogen (secondary N) is 1. The van der Waals surface area contributed by atoms with E-state index in [9.17, 15) is 0 Å². The second-order valence-corrected chi connectivity index (χ2v) is 5.66. The maximum absolute atomic E-state index is 6.03. The summed E-state index contributed by atoms with van der Waals surface area (Å²) in [5.74, 6) is 2.51. The van der Waals surface area contributed by atoms with Crippen molar-refractivity contribution in [3.63, 3.8) is 0 Å². The lowest BCUT2D eigenvalue weighted by atomic mass is 10.2. The fourth-order valence-electron chi connectivity index (χ4n) is 1.16. The zero-order valence-electron chi connectivity index (χ0n) is 8.76. The van der Waals surface area contributed by atoms with E-state index in [1.165, 1.54) is 0 Å². The van der Waals surface area contributed by atoms with Crippen molar-refractivity contribution in [3.8, 4) is 0 Å². The highest BCUT2D eigenvalue weighted by molar-refractivity contribution is 9.10. The fourth-order valence-corrected chi connectivity index (χ4v) is 2.54. The Labute approximate surface area is 108 Å². The van der Waals surface area contributed by atoms with Crippen LogP contribution in [0.3, 0.4) is 0 Å². The average molecular weight is 310 g/mol. The van der Waals surface area contributed by atoms with E-state index < -0.39 is 0 Å². The molecule has 1 atom stereocenters. The summed E-state index contributed by atoms with van der Waals surface area (Å²) < 4.78 is 0.898. The van der Waals surface area contributed by atoms with Gasteiger partial charge in [-0.15, -0.1) is 0 Å². The molecule has 2 nitrogen and oxygen atoms in total. The first-order valence-electron chi connectivity index (χ1n) is 4.67. The molecule has 1 heterocycles. The topological polar surface area (TPSA) is 24.9 Å². The Hall–Kier alpha value is 0.0700. The van der Waals surface area contributed by atoms with E-state index in [0.29, 0.717) is 10.9 Å². The van der Waals surface area contributed by atoms with E-state index >= 15 is 0 Å². The first kappa shape index (κ1) is 13.1. The van der Waals surface area contributed by atoms with E-state index in [0.717, 1.165) is 22.6 Å². The van der Waals surface area contributed by atoms with Gasteiger partial charge < -0.3 is 5.32 Å². The van der Waals surface area contributed by atoms with Crippen LogP contribution >= 0.6 is 39.3 Å². The zero-order valence-corrected chi connectivity index (χ0v) is 11.9. The highest BCUT2D eigenvalue weighted by Crippen LogP contribution is 2.23. The van der Waals surface area contributed by atoms with Gasteiger partial charge in [0, 0.05) is 17.2 Å². The Bertz CT molecular complexity index is 322. The van der Waals surface area contributed by atoms with E-state index in [4.69, 9.17) is 11.6 Å². The summed E-state index contributed by atoms with van der Waals surface area (Å²) in [5.41, 5.74) is 0. The molecular formula is C10H14BrClN2S. The molecule has 0 bridgehead atoms. The van der Waals surface area contributed by atoms with Crippen LogP contribution in [0.4, 0.5) is 5.82 Å². The predicted molar refractivity (Wildman–Crippen MR) is 73.0 cm³/mol. The van der Waals surface area contributed by atoms with Gasteiger partial charge in [0.05, 0.1) is 5.02 Å². The number of hydrogen-bond acceptors (Lipinski definition) is 3. The Morgan fingerprint density at radius 2 is 2.40 bits per heavy atom. The minimum atomic E-state index is 0.613. The normalized spacial score (nSPS) is 12.5. The lowest BCUT2D eigenvalue weighted by Gasteiger charge is -2.12. The van der Waals surface area contributed by atoms with Crippen molar-refractivity contribution in [3.05, 3.63) is 21.8 Å². The number of anilines is 1. The predicted octanol–water partition coefficient (Wildman–Crippen LogP) is 3.91. The summed E-state index contributed by atoms with van der Waals surface area (Å²) in [6.07, 6.45) is 3.86. The monoisotopic (exact) mass is 308 g/mol. The molecule has 1 unspecified atom stereocenters. The van der Waals surface area contributed by atoms with E-state index in [-0.39, 0.29) is 0 Å². The third-order valence-electron chi connectivity index (χ3n) is 1.88. The van der Waals surface area contributed by atoms with Crippen molar-refractivity contribution in [2.45, 2.75) is 6.92 Å². The highest BCUT2D eigenvalue weighted by atomic mass is 79.9. The Balaban J connectivity index is 2.50. The fraction of sp³-hybridized carbons (Fsp3) is 0.500. The van der Waals surface area contributed by atoms with Crippen molar-refractivity contribution in [1.82, 2.24) is 4.98 Å². The molecule has 1 aromatic rings. The molecule has 0 aliphatic carbocycles. The van der Waals surface area contributed by atoms with E-state index in [1.54, 1.807) is 6.20 Å². The number of rotatable bonds is 5. The molecule has 0 saturated heterocycles. The molecular weight excluding hydrogens is 296 g/mol. The lowest BCUT2D eigenvalue weighted by Crippen LogP contribution is -2.14. The van der Waals surface area contributed by atoms with Crippen LogP contribution in [-0.2, 0) is 0 Å². The SMILES string of the molecule is CSCC(C)CNc1ncc(Br)cc1Cl. The summed E-state index contributed by atoms with van der Waals surface area (Å²) in [6, 6.07) is 1.84. The third kappa shape index (κ3) is 4.62. The van der Waals surface area contributed by atoms with Crippen LogP contribution in [0.2, 0.25) is 5.02 Å². The van der Waals surface area contributed by atoms with E-state index in [2.05, 4.69) is 39.4 Å². The van der Waals surface area contributed by atoms with Crippen molar-refractivity contribution >= 4 is 45.1 Å². The van der Waals surface area contributed by atoms with Gasteiger partial charge in [-0.3, -0.25) is 0 Å². The molecule has 0 radical (unpaired) electrons. The summed E-state index contributed by atoms with van der Waals surface area (Å²) in [6.45, 7) is 3.10. The van der Waals surface area contributed by atoms with Gasteiger partial charge in [0.1, 0.15) is 5.82 Å². The second-order valence-electron chi connectivity index (χ2n) is 3.43. The number of nitrogens with zero attached hydrogens (tertiary/aromatic N) is 1. The molecule has 84 valence electrons. The van der Waals surface area contributed by atoms with Gasteiger partial charge in [0.25, 0.3) is 0 Å². The summed E-state index contributed by atoms with van der Waals surface area (Å²) in [4.78, 5) is 4.21. The van der Waals surface area contributed by atoms with Gasteiger partial charge in [-0.1, -0.05) is 18.5 Å². The standard InChI is InChI=1S/C10H14BrClN2S/c1-7(6-15-2)4-13-10-9(12)3-8(11)5-14-10/h3,5,7H,4,6H2,1-2H3,(H,13,14). The smallest absolute Gasteiger partial charge is 0.144 e. The van der Waals surface area contributed by atoms with Crippen LogP contribution < -0.4 is 5.32 Å². The van der Waals surface area contributed by atoms with Gasteiger partial charge in [-0.05, 0) is 39.9 Å². The first-order chi connectivity index (χ1) is 7.13. The molecule has 1 N–H and O–H groups in total. The Morgan fingerprint density at radius 1 is 1.67 bits per heavy atom. The molecule has 1 rings (SSSR count). The molecule has 0 fully saturated rings. The molecule has 1 aromatic heterocycles. The van der Waals surface area contributed by atoms with Crippen LogP contribution in [-0.4, -0.2) is 23.5 Å². The van der Waals surface area contributed by atoms with Gasteiger partial charge >= 0.3 is 0 Å². The highest BCUT2D eigenvalue weighted by Gasteiger charge is 2.05. The quantitative estimate of drug-likeness (QED) is 0.892. The molecule has 0 aliphatic heterocycles. The Morgan fingerprint density at radius 3 is 3.00 bits per heavy atom. The molecule has 5 heteroatoms. The summed E-state index contributed by atoms with van der Waals surface area (Å²) >= 11 is 11.2. The van der Waals surface area contributed by atoms with Crippen molar-refractivity contribution in [2.24, 2.45) is 5.92 Å². The van der Waals surface area contributed by atoms with Gasteiger partial charge in [-0.2, -0.15) is 11.8 Å². The number of pyridine rings is 1. The maximum Gasteiger partial charge on any atom is 0.144 e. The second kappa shape index (κ2) is 6.61. The molecule has 0 amide bonds. The molecule has 0 aromatic carbocycles. The average Bonchev–Trinajstić information content (AvgIpc) is 2.17. The van der Waals surface area contributed by atoms with Crippen LogP contribution in [0.25, 0.3) is 0 Å². The van der Waals surface area contributed by atoms with Gasteiger partial charge in [0.2, 0.25) is 0 Å². The van der Waals surface area contributed by atoms with Crippen LogP contribution in [0, 0.1) is 5.92 Å². The van der Waals surface area contributed by atoms with Crippen LogP contribution in [0.5, 0.6) is 0 Å². The summed E-state index contributed by atoms with van der Waals surface area (Å²) in [5, 5.41) is 3.90. The number of hydrogen-bond donors (Lipinski definition) is 1. The number of aromatic nitrogens is 1. The molecule has 0 aliphatic rings. The number of thioether (sulfide) groups is 1. The van der Waals surface area contributed by atoms with Crippen molar-refractivity contribution in [1.29, 1.82) is 0 Å². The minimum Gasteiger partial charge on any atom is -0.369 e. The first-order valence-corrected chi connectivity index (χ1v) is 7.23. The molecule has 0 saturated carbocycles. The van der Waals surface area contributed by atoms with Crippen molar-refractivity contribution < 1.29 is 0 Å². The minimum absolute atomic E-state index is 0.613. The summed E-state index contributed by atoms with van der Waals surface area (Å²) in [7, 11) is 0. The van der Waals surface area contributed by atoms with Crippen LogP contribution in [0.1, 0.15) is 6.92 Å². The molecule has 15 heavy (non-hydrogen) atoms. The van der Waals surface area contributed by atoms with E-state index in [1.807, 2.05) is 17.8 Å². The van der Waals surface area contributed by atoms with Gasteiger partial charge in [-0.25, -0.2) is 4.98 Å². The largest absolute Gasteiger partial charge is 0.369 e. The van der Waals surface area contributed by atoms with Gasteiger partial charge in [0.15, 0.2) is 0 Å². The zero-order chi connectivity index (χ0) is 11.3. The van der Waals surface area contributed by atoms with Crippen LogP contribution in [0.15, 0.2) is 16.7 Å². The van der Waals surface area contributed by atoms with Crippen molar-refractivity contribution in [2.75, 3.05) is 23.9 Å². The maximum atomic E-state index is 6.03. The Kier molecular flexibility index (Phi) is 5.79. The third-order valence-corrected chi connectivity index (χ3v) is 3.50. The number of halogens is 2. The molecule has 0 spiro atoms.